The predicted molar refractivity (Wildman–Crippen MR) is 320 cm³/mol. The smallest absolute Gasteiger partial charge is 0.132 e. The Morgan fingerprint density at radius 3 is 1.41 bits per heavy atom. The number of anilines is 3. The second-order valence-corrected chi connectivity index (χ2v) is 22.0. The van der Waals surface area contributed by atoms with Crippen molar-refractivity contribution in [2.75, 3.05) is 4.90 Å². The second-order valence-electron chi connectivity index (χ2n) is 20.9. The molecule has 4 heteroatoms. The van der Waals surface area contributed by atoms with E-state index in [1.54, 1.807) is 0 Å². The molecule has 364 valence electrons. The first-order valence-electron chi connectivity index (χ1n) is 26.8. The maximum Gasteiger partial charge on any atom is 0.132 e. The zero-order chi connectivity index (χ0) is 51.1. The Kier molecular flexibility index (Phi) is 9.14. The molecule has 13 aromatic rings. The molecule has 0 atom stereocenters. The Morgan fingerprint density at radius 2 is 0.744 bits per heavy atom. The Bertz CT molecular complexity index is 4570. The van der Waals surface area contributed by atoms with Gasteiger partial charge in [-0.3, -0.25) is 0 Å². The lowest BCUT2D eigenvalue weighted by molar-refractivity contribution is 0.436. The van der Waals surface area contributed by atoms with Crippen molar-refractivity contribution in [2.24, 2.45) is 0 Å². The molecule has 12 aromatic carbocycles. The molecule has 3 heterocycles. The zero-order valence-corrected chi connectivity index (χ0v) is 43.0. The van der Waals surface area contributed by atoms with Gasteiger partial charge in [-0.1, -0.05) is 206 Å². The van der Waals surface area contributed by atoms with Crippen molar-refractivity contribution in [3.63, 3.8) is 0 Å². The molecular weight excluding hydrogens is 967 g/mol. The van der Waals surface area contributed by atoms with Gasteiger partial charge in [0.05, 0.1) is 22.2 Å². The average molecular weight is 1010 g/mol. The van der Waals surface area contributed by atoms with Crippen LogP contribution in [0.4, 0.5) is 17.1 Å². The van der Waals surface area contributed by atoms with Crippen molar-refractivity contribution in [3.05, 3.63) is 317 Å². The van der Waals surface area contributed by atoms with Crippen molar-refractivity contribution in [1.82, 2.24) is 0 Å². The molecule has 0 unspecified atom stereocenters. The van der Waals surface area contributed by atoms with Crippen LogP contribution in [-0.4, -0.2) is 0 Å². The van der Waals surface area contributed by atoms with Gasteiger partial charge in [-0.05, 0) is 122 Å². The first-order chi connectivity index (χ1) is 38.7. The van der Waals surface area contributed by atoms with Crippen LogP contribution in [0, 0.1) is 0 Å². The van der Waals surface area contributed by atoms with E-state index in [9.17, 15) is 0 Å². The number of hydrogen-bond acceptors (Lipinski definition) is 4. The Morgan fingerprint density at radius 1 is 0.282 bits per heavy atom. The monoisotopic (exact) mass is 1010 g/mol. The number of ether oxygens (including phenoxy) is 2. The third-order valence-corrected chi connectivity index (χ3v) is 18.4. The van der Waals surface area contributed by atoms with E-state index in [1.165, 1.54) is 75.8 Å². The Hall–Kier alpha value is -9.74. The Labute approximate surface area is 456 Å². The van der Waals surface area contributed by atoms with Crippen molar-refractivity contribution < 1.29 is 9.47 Å². The van der Waals surface area contributed by atoms with E-state index < -0.39 is 10.8 Å². The lowest BCUT2D eigenvalue weighted by Crippen LogP contribution is -2.32. The van der Waals surface area contributed by atoms with Gasteiger partial charge in [-0.2, -0.15) is 0 Å². The van der Waals surface area contributed by atoms with E-state index >= 15 is 0 Å². The molecule has 1 aromatic heterocycles. The number of benzene rings is 12. The van der Waals surface area contributed by atoms with E-state index in [1.807, 2.05) is 11.3 Å². The topological polar surface area (TPSA) is 21.7 Å². The fourth-order valence-corrected chi connectivity index (χ4v) is 15.3. The number of thiophene rings is 1. The van der Waals surface area contributed by atoms with Gasteiger partial charge in [-0.15, -0.1) is 11.3 Å². The number of hydrogen-bond donors (Lipinski definition) is 0. The quantitative estimate of drug-likeness (QED) is 0.171. The van der Waals surface area contributed by atoms with Crippen LogP contribution < -0.4 is 14.4 Å². The van der Waals surface area contributed by atoms with Crippen molar-refractivity contribution in [3.8, 4) is 67.5 Å². The van der Waals surface area contributed by atoms with Crippen LogP contribution in [0.5, 0.6) is 23.0 Å². The summed E-state index contributed by atoms with van der Waals surface area (Å²) >= 11 is 1.86. The highest BCUT2D eigenvalue weighted by atomic mass is 32.1. The van der Waals surface area contributed by atoms with Gasteiger partial charge in [-0.25, -0.2) is 0 Å². The standard InChI is InChI=1S/C74H45NO2S/c1-5-22-56-51(19-1)52-42-39-48(44-63(52)74(56)60-26-9-14-33-68(60)77-69-34-15-10-27-61(69)74)50-18-3-11-29-64(50)75(49-40-36-46(37-41-49)47-38-43-54-53-20-4-16-35-70(53)78-71(54)45-47)65-30-17-28-62-72(65)55-21-2-6-23-57(55)73(62)58-24-7-12-31-66(58)76-67-32-13-8-25-59(67)73/h1-45H. The van der Waals surface area contributed by atoms with Crippen LogP contribution in [0.2, 0.25) is 0 Å². The van der Waals surface area contributed by atoms with Gasteiger partial charge in [0.2, 0.25) is 0 Å². The first-order valence-corrected chi connectivity index (χ1v) is 27.6. The molecule has 0 amide bonds. The maximum absolute atomic E-state index is 6.78. The third kappa shape index (κ3) is 5.82. The molecule has 0 radical (unpaired) electrons. The number of nitrogens with zero attached hydrogens (tertiary/aromatic N) is 1. The molecule has 0 saturated heterocycles. The molecule has 0 bridgehead atoms. The summed E-state index contributed by atoms with van der Waals surface area (Å²) in [5.74, 6) is 3.52. The highest BCUT2D eigenvalue weighted by Gasteiger charge is 2.53. The predicted octanol–water partition coefficient (Wildman–Crippen LogP) is 19.8. The van der Waals surface area contributed by atoms with Crippen molar-refractivity contribution >= 4 is 48.6 Å². The largest absolute Gasteiger partial charge is 0.457 e. The molecule has 2 aliphatic carbocycles. The third-order valence-electron chi connectivity index (χ3n) is 17.2. The summed E-state index contributed by atoms with van der Waals surface area (Å²) in [6.07, 6.45) is 0. The van der Waals surface area contributed by atoms with Gasteiger partial charge in [0.15, 0.2) is 0 Å². The molecule has 2 aliphatic heterocycles. The van der Waals surface area contributed by atoms with Gasteiger partial charge in [0.1, 0.15) is 23.0 Å². The average Bonchev–Trinajstić information content (AvgIpc) is 4.33. The fourth-order valence-electron chi connectivity index (χ4n) is 14.1. The molecule has 17 rings (SSSR count). The highest BCUT2D eigenvalue weighted by Crippen LogP contribution is 2.66. The molecule has 0 saturated carbocycles. The van der Waals surface area contributed by atoms with Crippen LogP contribution >= 0.6 is 11.3 Å². The van der Waals surface area contributed by atoms with Crippen LogP contribution in [0.25, 0.3) is 64.7 Å². The van der Waals surface area contributed by atoms with E-state index in [0.717, 1.165) is 73.4 Å². The number of fused-ring (bicyclic) bond motifs is 21. The highest BCUT2D eigenvalue weighted by molar-refractivity contribution is 7.25. The number of rotatable bonds is 5. The van der Waals surface area contributed by atoms with Crippen LogP contribution in [0.3, 0.4) is 0 Å². The molecular formula is C74H45NO2S. The Balaban J connectivity index is 0.907. The van der Waals surface area contributed by atoms with Gasteiger partial charge < -0.3 is 14.4 Å². The van der Waals surface area contributed by atoms with E-state index in [-0.39, 0.29) is 0 Å². The van der Waals surface area contributed by atoms with Gasteiger partial charge >= 0.3 is 0 Å². The normalized spacial score (nSPS) is 14.1. The molecule has 0 fully saturated rings. The zero-order valence-electron chi connectivity index (χ0n) is 42.2. The first kappa shape index (κ1) is 43.5. The number of para-hydroxylation sites is 5. The molecule has 0 N–H and O–H groups in total. The lowest BCUT2D eigenvalue weighted by atomic mass is 9.66. The van der Waals surface area contributed by atoms with Crippen LogP contribution in [0.1, 0.15) is 44.5 Å². The van der Waals surface area contributed by atoms with Crippen LogP contribution in [0.15, 0.2) is 273 Å². The minimum absolute atomic E-state index is 0.606. The summed E-state index contributed by atoms with van der Waals surface area (Å²) in [7, 11) is 0. The summed E-state index contributed by atoms with van der Waals surface area (Å²) in [5.41, 5.74) is 21.1. The van der Waals surface area contributed by atoms with E-state index in [2.05, 4.69) is 278 Å². The van der Waals surface area contributed by atoms with E-state index in [0.29, 0.717) is 0 Å². The molecule has 4 aliphatic rings. The maximum atomic E-state index is 6.78. The van der Waals surface area contributed by atoms with Crippen LogP contribution in [-0.2, 0) is 10.8 Å². The summed E-state index contributed by atoms with van der Waals surface area (Å²) in [5, 5.41) is 2.61. The van der Waals surface area contributed by atoms with Gasteiger partial charge in [0.25, 0.3) is 0 Å². The minimum atomic E-state index is -0.632. The van der Waals surface area contributed by atoms with Crippen molar-refractivity contribution in [1.29, 1.82) is 0 Å². The summed E-state index contributed by atoms with van der Waals surface area (Å²) in [6, 6.07) is 101. The summed E-state index contributed by atoms with van der Waals surface area (Å²) < 4.78 is 16.1. The van der Waals surface area contributed by atoms with Gasteiger partial charge in [0, 0.05) is 59.2 Å². The summed E-state index contributed by atoms with van der Waals surface area (Å²) in [6.45, 7) is 0. The fraction of sp³-hybridized carbons (Fsp3) is 0.0270. The SMILES string of the molecule is c1ccc2c(c1)Oc1ccccc1C21c2ccccc2-c2ccc(-c3ccccc3N(c3ccc(-c4ccc5c(c4)sc4ccccc45)cc3)c3cccc4c3-c3ccccc3C43c4ccccc4Oc4ccccc43)cc21. The molecule has 3 nitrogen and oxygen atoms in total. The molecule has 2 spiro atoms. The van der Waals surface area contributed by atoms with Crippen molar-refractivity contribution in [2.45, 2.75) is 10.8 Å². The molecule has 78 heavy (non-hydrogen) atoms. The minimum Gasteiger partial charge on any atom is -0.457 e. The second kappa shape index (κ2) is 16.4. The summed E-state index contributed by atoms with van der Waals surface area (Å²) in [4.78, 5) is 2.52. The van der Waals surface area contributed by atoms with E-state index in [4.69, 9.17) is 9.47 Å². The lowest BCUT2D eigenvalue weighted by Gasteiger charge is -2.39.